The molecule has 10 atom stereocenters. The molecule has 0 spiro atoms. The normalized spacial score (nSPS) is 22.7. The van der Waals surface area contributed by atoms with Crippen molar-refractivity contribution in [1.29, 1.82) is 0 Å². The Morgan fingerprint density at radius 3 is 1.08 bits per heavy atom. The zero-order chi connectivity index (χ0) is 52.6. The molecule has 2 fully saturated rings. The van der Waals surface area contributed by atoms with Gasteiger partial charge in [-0.25, -0.2) is 0 Å². The van der Waals surface area contributed by atoms with Crippen LogP contribution in [0.4, 0.5) is 0 Å². The molecule has 0 aromatic carbocycles. The van der Waals surface area contributed by atoms with Gasteiger partial charge in [0.2, 0.25) is 11.8 Å². The fourth-order valence-corrected chi connectivity index (χ4v) is 10.2. The van der Waals surface area contributed by atoms with Crippen LogP contribution in [-0.4, -0.2) is 89.4 Å². The molecular formula is C52H104B2N2O8Si2. The SMILES string of the molecule is C=CB1OC(C)(C)C(C)(C)O1.C=C[C@@H](C)[C@@H](C)[C@H](C)[C@H](O[Si](C)(C)C(C)(C)C)[C@@H](C)NC(C)=O.CC(=O)N[C@H](C)[C@@H](O[Si](C)(C)C(C)(C)C)[C@@H](C)[C@H](C)[C@H](C)/C=C/B1OC(C)(C)C(C)(C)O1. The molecule has 0 aromatic rings. The lowest BCUT2D eigenvalue weighted by Crippen LogP contribution is -2.53. The molecule has 384 valence electrons. The van der Waals surface area contributed by atoms with Crippen LogP contribution >= 0.6 is 0 Å². The van der Waals surface area contributed by atoms with E-state index in [0.717, 1.165) is 0 Å². The van der Waals surface area contributed by atoms with E-state index in [1.807, 2.05) is 39.7 Å². The highest BCUT2D eigenvalue weighted by Gasteiger charge is 2.51. The maximum Gasteiger partial charge on any atom is 0.486 e. The van der Waals surface area contributed by atoms with Crippen molar-refractivity contribution in [3.05, 3.63) is 37.3 Å². The lowest BCUT2D eigenvalue weighted by atomic mass is 9.78. The summed E-state index contributed by atoms with van der Waals surface area (Å²) in [5, 5.41) is 6.38. The van der Waals surface area contributed by atoms with Crippen LogP contribution in [-0.2, 0) is 37.1 Å². The number of hydrogen-bond donors (Lipinski definition) is 2. The molecule has 0 aliphatic carbocycles. The van der Waals surface area contributed by atoms with Crippen LogP contribution in [0.2, 0.25) is 36.3 Å². The Bertz CT molecular complexity index is 1560. The van der Waals surface area contributed by atoms with Gasteiger partial charge in [0, 0.05) is 13.8 Å². The van der Waals surface area contributed by atoms with Gasteiger partial charge >= 0.3 is 14.2 Å². The third-order valence-electron chi connectivity index (χ3n) is 16.4. The molecule has 66 heavy (non-hydrogen) atoms. The maximum absolute atomic E-state index is 11.8. The highest BCUT2D eigenvalue weighted by atomic mass is 28.4. The van der Waals surface area contributed by atoms with Gasteiger partial charge in [0.05, 0.1) is 46.7 Å². The standard InChI is InChI=1S/C25H50BNO4Si.C19H39NO2Si.C8H15BO2/c1-17(15-16-26-30-24(9,10)25(11,12)31-26)18(2)19(3)22(20(4)27-21(5)28)29-32(13,14)23(6,7)8;1-12-13(2)14(3)15(4)18(16(5)20-17(6)21)22-23(10,11)19(7,8)9;1-6-9-10-7(2,3)8(4,5)11-9/h15-20,22H,1-14H3,(H,27,28);12-16,18H,1H2,2-11H3,(H,20,21);6H,1H2,2-5H3/b16-15+;;/t17-,18-,19+,20-,22+;13-,14-,15+,16-,18+;/m11./s1. The molecule has 0 unspecified atom stereocenters. The average molecular weight is 963 g/mol. The van der Waals surface area contributed by atoms with E-state index in [0.29, 0.717) is 29.6 Å². The predicted octanol–water partition coefficient (Wildman–Crippen LogP) is 12.8. The van der Waals surface area contributed by atoms with E-state index < -0.39 is 16.6 Å². The summed E-state index contributed by atoms with van der Waals surface area (Å²) in [7, 11) is -4.50. The van der Waals surface area contributed by atoms with Crippen molar-refractivity contribution < 1.29 is 37.1 Å². The van der Waals surface area contributed by atoms with Crippen molar-refractivity contribution in [3.8, 4) is 0 Å². The molecule has 2 saturated heterocycles. The Morgan fingerprint density at radius 1 is 0.545 bits per heavy atom. The molecule has 0 radical (unpaired) electrons. The van der Waals surface area contributed by atoms with Gasteiger partial charge in [-0.3, -0.25) is 9.59 Å². The molecule has 0 saturated carbocycles. The van der Waals surface area contributed by atoms with Crippen molar-refractivity contribution >= 4 is 42.7 Å². The molecule has 14 heteroatoms. The van der Waals surface area contributed by atoms with Gasteiger partial charge in [-0.15, -0.1) is 13.2 Å². The lowest BCUT2D eigenvalue weighted by molar-refractivity contribution is -0.121. The minimum absolute atomic E-state index is 0.00189. The predicted molar refractivity (Wildman–Crippen MR) is 287 cm³/mol. The zero-order valence-corrected chi connectivity index (χ0v) is 49.9. The van der Waals surface area contributed by atoms with E-state index in [4.69, 9.17) is 27.5 Å². The summed E-state index contributed by atoms with van der Waals surface area (Å²) in [6.45, 7) is 67.2. The fraction of sp³-hybridized carbons (Fsp3) is 0.846. The molecule has 2 heterocycles. The Hall–Kier alpha value is -1.52. The van der Waals surface area contributed by atoms with Crippen LogP contribution in [0.15, 0.2) is 37.3 Å². The first kappa shape index (κ1) is 64.5. The van der Waals surface area contributed by atoms with Crippen molar-refractivity contribution in [2.45, 2.75) is 249 Å². The van der Waals surface area contributed by atoms with E-state index in [1.54, 1.807) is 19.8 Å². The Labute approximate surface area is 410 Å². The van der Waals surface area contributed by atoms with Gasteiger partial charge in [-0.05, 0) is 141 Å². The minimum Gasteiger partial charge on any atom is -0.412 e. The number of carbonyl (C=O) groups excluding carboxylic acids is 2. The summed E-state index contributed by atoms with van der Waals surface area (Å²) >= 11 is 0. The van der Waals surface area contributed by atoms with Gasteiger partial charge < -0.3 is 38.1 Å². The summed E-state index contributed by atoms with van der Waals surface area (Å²) in [6.07, 6.45) is 4.17. The summed E-state index contributed by atoms with van der Waals surface area (Å²) in [5.41, 5.74) is -1.13. The molecule has 0 bridgehead atoms. The number of carbonyl (C=O) groups is 2. The average Bonchev–Trinajstić information content (AvgIpc) is 3.50. The van der Waals surface area contributed by atoms with Gasteiger partial charge in [0.15, 0.2) is 16.6 Å². The first-order valence-electron chi connectivity index (χ1n) is 24.9. The zero-order valence-electron chi connectivity index (χ0n) is 47.9. The Balaban J connectivity index is 0.00000107. The Morgan fingerprint density at radius 2 is 0.833 bits per heavy atom. The van der Waals surface area contributed by atoms with Crippen LogP contribution in [0.25, 0.3) is 0 Å². The largest absolute Gasteiger partial charge is 0.486 e. The van der Waals surface area contributed by atoms with Crippen LogP contribution < -0.4 is 10.6 Å². The van der Waals surface area contributed by atoms with Crippen molar-refractivity contribution in [3.63, 3.8) is 0 Å². The number of allylic oxidation sites excluding steroid dienone is 2. The van der Waals surface area contributed by atoms with Crippen molar-refractivity contribution in [2.24, 2.45) is 35.5 Å². The number of nitrogens with one attached hydrogen (secondary N) is 2. The molecule has 2 N–H and O–H groups in total. The number of hydrogen-bond acceptors (Lipinski definition) is 8. The molecular weight excluding hydrogens is 858 g/mol. The summed E-state index contributed by atoms with van der Waals surface area (Å²) in [6, 6.07) is -0.0607. The highest BCUT2D eigenvalue weighted by molar-refractivity contribution is 6.74. The van der Waals surface area contributed by atoms with Gasteiger partial charge in [-0.1, -0.05) is 107 Å². The summed E-state index contributed by atoms with van der Waals surface area (Å²) < 4.78 is 37.0. The van der Waals surface area contributed by atoms with Crippen LogP contribution in [0, 0.1) is 35.5 Å². The second kappa shape index (κ2) is 24.5. The van der Waals surface area contributed by atoms with E-state index in [1.165, 1.54) is 0 Å². The third kappa shape index (κ3) is 18.3. The van der Waals surface area contributed by atoms with Crippen LogP contribution in [0.1, 0.15) is 166 Å². The van der Waals surface area contributed by atoms with Crippen LogP contribution in [0.5, 0.6) is 0 Å². The second-order valence-electron chi connectivity index (χ2n) is 24.9. The van der Waals surface area contributed by atoms with Crippen molar-refractivity contribution in [1.82, 2.24) is 10.6 Å². The van der Waals surface area contributed by atoms with Crippen molar-refractivity contribution in [2.75, 3.05) is 0 Å². The first-order valence-corrected chi connectivity index (χ1v) is 30.7. The van der Waals surface area contributed by atoms with E-state index in [-0.39, 0.29) is 88.7 Å². The van der Waals surface area contributed by atoms with Gasteiger partial charge in [0.25, 0.3) is 0 Å². The number of rotatable bonds is 18. The third-order valence-corrected chi connectivity index (χ3v) is 25.3. The molecule has 2 aliphatic heterocycles. The molecule has 10 nitrogen and oxygen atoms in total. The molecule has 0 aromatic heterocycles. The van der Waals surface area contributed by atoms with Gasteiger partial charge in [0.1, 0.15) is 0 Å². The quantitative estimate of drug-likeness (QED) is 0.103. The lowest BCUT2D eigenvalue weighted by Gasteiger charge is -2.44. The van der Waals surface area contributed by atoms with E-state index in [9.17, 15) is 9.59 Å². The van der Waals surface area contributed by atoms with E-state index in [2.05, 4.69) is 181 Å². The maximum atomic E-state index is 11.8. The number of amides is 2. The van der Waals surface area contributed by atoms with E-state index >= 15 is 0 Å². The second-order valence-corrected chi connectivity index (χ2v) is 34.4. The first-order chi connectivity index (χ1) is 29.3. The topological polar surface area (TPSA) is 114 Å². The minimum atomic E-state index is -2.01. The molecule has 2 aliphatic rings. The molecule has 2 rings (SSSR count). The van der Waals surface area contributed by atoms with Gasteiger partial charge in [-0.2, -0.15) is 0 Å². The molecule has 2 amide bonds. The summed E-state index contributed by atoms with van der Waals surface area (Å²) in [4.78, 5) is 23.3. The highest BCUT2D eigenvalue weighted by Crippen LogP contribution is 2.42. The summed E-state index contributed by atoms with van der Waals surface area (Å²) in [5.74, 6) is 5.80. The monoisotopic (exact) mass is 963 g/mol. The Kier molecular flexibility index (Phi) is 24.0. The van der Waals surface area contributed by atoms with Crippen LogP contribution in [0.3, 0.4) is 0 Å². The smallest absolute Gasteiger partial charge is 0.412 e. The fourth-order valence-electron chi connectivity index (χ4n) is 7.33.